The van der Waals surface area contributed by atoms with Crippen molar-refractivity contribution in [1.29, 1.82) is 0 Å². The van der Waals surface area contributed by atoms with E-state index in [1.54, 1.807) is 0 Å². The van der Waals surface area contributed by atoms with Gasteiger partial charge in [0.1, 0.15) is 0 Å². The van der Waals surface area contributed by atoms with Crippen molar-refractivity contribution >= 4 is 37.3 Å². The molecule has 5 nitrogen and oxygen atoms in total. The Morgan fingerprint density at radius 2 is 2.18 bits per heavy atom. The molecule has 2 N–H and O–H groups in total. The van der Waals surface area contributed by atoms with E-state index in [0.29, 0.717) is 0 Å². The summed E-state index contributed by atoms with van der Waals surface area (Å²) in [5, 5.41) is 0. The molecule has 11 heavy (non-hydrogen) atoms. The first-order chi connectivity index (χ1) is 4.50. The zero-order valence-electron chi connectivity index (χ0n) is 6.15. The summed E-state index contributed by atoms with van der Waals surface area (Å²) in [6, 6.07) is -0.185. The second-order valence-corrected chi connectivity index (χ2v) is 4.18. The van der Waals surface area contributed by atoms with Crippen molar-refractivity contribution in [3.8, 4) is 0 Å². The third-order valence-electron chi connectivity index (χ3n) is 1.19. The Kier molecular flexibility index (Phi) is 4.40. The normalized spacial score (nSPS) is 26.5. The van der Waals surface area contributed by atoms with E-state index < -0.39 is 10.0 Å². The third-order valence-corrected chi connectivity index (χ3v) is 2.18. The van der Waals surface area contributed by atoms with Crippen molar-refractivity contribution in [2.45, 2.75) is 6.04 Å². The van der Waals surface area contributed by atoms with Crippen LogP contribution in [0.1, 0.15) is 0 Å². The van der Waals surface area contributed by atoms with E-state index in [9.17, 15) is 8.42 Å². The molecule has 1 aliphatic heterocycles. The average molecular weight is 373 g/mol. The van der Waals surface area contributed by atoms with E-state index in [2.05, 4.69) is 0 Å². The molecule has 4 radical (unpaired) electrons. The van der Waals surface area contributed by atoms with E-state index in [4.69, 9.17) is 10.6 Å². The van der Waals surface area contributed by atoms with Crippen molar-refractivity contribution in [1.82, 2.24) is 4.47 Å². The zero-order valence-corrected chi connectivity index (χ0v) is 10.9. The molecular weight excluding hydrogens is 363 g/mol. The largest absolute Gasteiger partial charge is 0.324 e. The fraction of sp³-hybridized carbons (Fsp3) is 1.00. The summed E-state index contributed by atoms with van der Waals surface area (Å²) in [6.07, 6.45) is 1.09. The van der Waals surface area contributed by atoms with Crippen LogP contribution in [0.5, 0.6) is 0 Å². The minimum absolute atomic E-state index is 0. The van der Waals surface area contributed by atoms with Gasteiger partial charge >= 0.3 is 0 Å². The number of sulfonamides is 1. The molecule has 0 bridgehead atoms. The Hall–Kier alpha value is 0.752. The van der Waals surface area contributed by atoms with Crippen LogP contribution in [0.4, 0.5) is 0 Å². The number of hydrogen-bond donors (Lipinski definition) is 1. The van der Waals surface area contributed by atoms with Gasteiger partial charge in [0, 0.05) is 33.3 Å². The molecule has 0 spiro atoms. The Morgan fingerprint density at radius 1 is 1.64 bits per heavy atom. The van der Waals surface area contributed by atoms with E-state index in [1.807, 2.05) is 0 Å². The topological polar surface area (TPSA) is 72.6 Å². The first-order valence-corrected chi connectivity index (χ1v) is 4.71. The number of nitrogens with zero attached hydrogens (tertiary/aromatic N) is 1. The molecule has 0 aromatic carbocycles. The van der Waals surface area contributed by atoms with Gasteiger partial charge in [-0.05, 0) is 0 Å². The van der Waals surface area contributed by atoms with Crippen LogP contribution in [0, 0.1) is 0 Å². The molecule has 7 heteroatoms. The van der Waals surface area contributed by atoms with Crippen LogP contribution < -0.4 is 5.73 Å². The maximum absolute atomic E-state index is 10.7. The van der Waals surface area contributed by atoms with Gasteiger partial charge < -0.3 is 5.73 Å². The molecular formula is C4H10N2O3PbS. The Balaban J connectivity index is 0.000001000. The van der Waals surface area contributed by atoms with Crippen molar-refractivity contribution in [3.05, 3.63) is 0 Å². The molecule has 0 aliphatic carbocycles. The summed E-state index contributed by atoms with van der Waals surface area (Å²) in [6.45, 7) is 0.548. The van der Waals surface area contributed by atoms with Gasteiger partial charge in [-0.15, -0.1) is 0 Å². The van der Waals surface area contributed by atoms with Crippen molar-refractivity contribution in [2.24, 2.45) is 5.73 Å². The number of nitrogens with two attached hydrogens (primary N) is 1. The summed E-state index contributed by atoms with van der Waals surface area (Å²) < 4.78 is 22.4. The molecule has 1 unspecified atom stereocenters. The van der Waals surface area contributed by atoms with Crippen LogP contribution in [0.15, 0.2) is 0 Å². The third kappa shape index (κ3) is 3.32. The van der Waals surface area contributed by atoms with Crippen molar-refractivity contribution < 1.29 is 13.3 Å². The van der Waals surface area contributed by atoms with E-state index in [0.717, 1.165) is 10.7 Å². The molecule has 0 amide bonds. The fourth-order valence-corrected chi connectivity index (χ4v) is 1.42. The van der Waals surface area contributed by atoms with Crippen LogP contribution in [0.3, 0.4) is 0 Å². The predicted molar refractivity (Wildman–Crippen MR) is 41.2 cm³/mol. The van der Waals surface area contributed by atoms with Gasteiger partial charge in [0.25, 0.3) is 0 Å². The molecule has 1 fully saturated rings. The van der Waals surface area contributed by atoms with Gasteiger partial charge in [-0.2, -0.15) is 0 Å². The van der Waals surface area contributed by atoms with Gasteiger partial charge in [-0.3, -0.25) is 4.84 Å². The van der Waals surface area contributed by atoms with E-state index in [-0.39, 0.29) is 46.5 Å². The second-order valence-electron chi connectivity index (χ2n) is 2.30. The van der Waals surface area contributed by atoms with Gasteiger partial charge in [0.05, 0.1) is 19.4 Å². The summed E-state index contributed by atoms with van der Waals surface area (Å²) in [4.78, 5) is 4.75. The molecule has 64 valence electrons. The minimum atomic E-state index is -3.20. The molecule has 0 aromatic heterocycles. The first-order valence-electron chi connectivity index (χ1n) is 2.86. The summed E-state index contributed by atoms with van der Waals surface area (Å²) >= 11 is 0. The molecule has 1 saturated heterocycles. The Labute approximate surface area is 86.0 Å². The second kappa shape index (κ2) is 4.12. The number of rotatable bonds is 1. The smallest absolute Gasteiger partial charge is 0.233 e. The molecule has 1 aliphatic rings. The van der Waals surface area contributed by atoms with Gasteiger partial charge in [-0.1, -0.05) is 4.47 Å². The Morgan fingerprint density at radius 3 is 2.36 bits per heavy atom. The van der Waals surface area contributed by atoms with E-state index >= 15 is 0 Å². The van der Waals surface area contributed by atoms with E-state index in [1.165, 1.54) is 0 Å². The quantitative estimate of drug-likeness (QED) is 0.548. The van der Waals surface area contributed by atoms with Crippen LogP contribution in [-0.4, -0.2) is 65.6 Å². The minimum Gasteiger partial charge on any atom is -0.324 e. The summed E-state index contributed by atoms with van der Waals surface area (Å²) in [5.74, 6) is 0. The fourth-order valence-electron chi connectivity index (χ4n) is 0.707. The van der Waals surface area contributed by atoms with Crippen molar-refractivity contribution in [2.75, 3.05) is 19.4 Å². The number of hydrogen-bond acceptors (Lipinski definition) is 4. The molecule has 1 heterocycles. The Bertz CT molecular complexity index is 217. The van der Waals surface area contributed by atoms with Crippen molar-refractivity contribution in [3.63, 3.8) is 0 Å². The van der Waals surface area contributed by atoms with Crippen LogP contribution in [-0.2, 0) is 14.9 Å². The maximum atomic E-state index is 10.7. The molecule has 1 atom stereocenters. The average Bonchev–Trinajstić information content (AvgIpc) is 2.11. The molecule has 0 saturated carbocycles. The van der Waals surface area contributed by atoms with Gasteiger partial charge in [0.2, 0.25) is 10.0 Å². The van der Waals surface area contributed by atoms with Crippen LogP contribution in [0.2, 0.25) is 0 Å². The van der Waals surface area contributed by atoms with Gasteiger partial charge in [-0.25, -0.2) is 8.42 Å². The van der Waals surface area contributed by atoms with Crippen LogP contribution in [0.25, 0.3) is 0 Å². The summed E-state index contributed by atoms with van der Waals surface area (Å²) in [5.41, 5.74) is 5.39. The maximum Gasteiger partial charge on any atom is 0.233 e. The standard InChI is InChI=1S/C4H10N2O3S.Pb/c1-10(7,8)6-2-4(5)3-9-6;/h4H,2-3,5H2,1H3;. The summed E-state index contributed by atoms with van der Waals surface area (Å²) in [7, 11) is -3.20. The monoisotopic (exact) mass is 374 g/mol. The molecule has 0 aromatic rings. The number of hydroxylamine groups is 1. The first kappa shape index (κ1) is 11.8. The van der Waals surface area contributed by atoms with Gasteiger partial charge in [0.15, 0.2) is 0 Å². The SMILES string of the molecule is CS(=O)(=O)N1CC(N)CO1.[Pb]. The zero-order chi connectivity index (χ0) is 7.78. The van der Waals surface area contributed by atoms with Crippen LogP contribution >= 0.6 is 0 Å². The molecule has 1 rings (SSSR count). The predicted octanol–water partition coefficient (Wildman–Crippen LogP) is -1.86.